The Kier molecular flexibility index (Phi) is 2.11. The molecule has 0 fully saturated rings. The van der Waals surface area contributed by atoms with Gasteiger partial charge in [-0.15, -0.1) is 0 Å². The number of benzene rings is 1. The zero-order valence-electron chi connectivity index (χ0n) is 9.21. The second kappa shape index (κ2) is 3.62. The SMILES string of the molecule is CN1CN=C(c2cc3ccccc3o2)OC1=O. The summed E-state index contributed by atoms with van der Waals surface area (Å²) in [5, 5.41) is 0.958. The Bertz CT molecular complexity index is 582. The first kappa shape index (κ1) is 9.89. The van der Waals surface area contributed by atoms with Crippen LogP contribution in [-0.4, -0.2) is 30.6 Å². The van der Waals surface area contributed by atoms with Crippen molar-refractivity contribution >= 4 is 23.0 Å². The van der Waals surface area contributed by atoms with Gasteiger partial charge in [0, 0.05) is 12.4 Å². The molecule has 0 radical (unpaired) electrons. The Morgan fingerprint density at radius 1 is 1.35 bits per heavy atom. The van der Waals surface area contributed by atoms with Gasteiger partial charge >= 0.3 is 6.09 Å². The highest BCUT2D eigenvalue weighted by molar-refractivity contribution is 6.01. The number of rotatable bonds is 1. The molecule has 5 heteroatoms. The summed E-state index contributed by atoms with van der Waals surface area (Å²) in [7, 11) is 1.63. The molecule has 86 valence electrons. The van der Waals surface area contributed by atoms with Gasteiger partial charge in [0.05, 0.1) is 0 Å². The first-order valence-electron chi connectivity index (χ1n) is 5.20. The van der Waals surface area contributed by atoms with Gasteiger partial charge in [-0.2, -0.15) is 0 Å². The molecule has 1 aromatic heterocycles. The molecule has 1 aromatic carbocycles. The Morgan fingerprint density at radius 3 is 2.94 bits per heavy atom. The third-order valence-corrected chi connectivity index (χ3v) is 2.56. The minimum atomic E-state index is -0.421. The van der Waals surface area contributed by atoms with Crippen molar-refractivity contribution in [1.82, 2.24) is 4.90 Å². The van der Waals surface area contributed by atoms with Crippen LogP contribution in [0.2, 0.25) is 0 Å². The zero-order chi connectivity index (χ0) is 11.8. The smallest absolute Gasteiger partial charge is 0.417 e. The standard InChI is InChI=1S/C12H10N2O3/c1-14-7-13-11(17-12(14)15)10-6-8-4-2-3-5-9(8)16-10/h2-6H,7H2,1H3. The minimum Gasteiger partial charge on any atom is -0.451 e. The van der Waals surface area contributed by atoms with E-state index in [2.05, 4.69) is 4.99 Å². The number of ether oxygens (including phenoxy) is 1. The van der Waals surface area contributed by atoms with Crippen LogP contribution < -0.4 is 0 Å². The molecule has 0 saturated carbocycles. The molecule has 2 aromatic rings. The summed E-state index contributed by atoms with van der Waals surface area (Å²) in [6.45, 7) is 0.283. The average Bonchev–Trinajstić information content (AvgIpc) is 2.76. The number of hydrogen-bond acceptors (Lipinski definition) is 4. The number of fused-ring (bicyclic) bond motifs is 1. The van der Waals surface area contributed by atoms with E-state index in [0.29, 0.717) is 5.76 Å². The Hall–Kier alpha value is -2.30. The second-order valence-corrected chi connectivity index (χ2v) is 3.82. The highest BCUT2D eigenvalue weighted by atomic mass is 16.6. The van der Waals surface area contributed by atoms with Crippen LogP contribution in [0.25, 0.3) is 11.0 Å². The molecule has 3 rings (SSSR count). The molecule has 0 saturated heterocycles. The number of amides is 1. The maximum atomic E-state index is 11.4. The van der Waals surface area contributed by atoms with Crippen LogP contribution in [0.1, 0.15) is 5.76 Å². The van der Waals surface area contributed by atoms with Crippen molar-refractivity contribution in [2.24, 2.45) is 4.99 Å². The lowest BCUT2D eigenvalue weighted by Crippen LogP contribution is -2.34. The third kappa shape index (κ3) is 1.65. The van der Waals surface area contributed by atoms with E-state index in [9.17, 15) is 4.79 Å². The van der Waals surface area contributed by atoms with Crippen molar-refractivity contribution in [2.45, 2.75) is 0 Å². The molecular formula is C12H10N2O3. The lowest BCUT2D eigenvalue weighted by molar-refractivity contribution is 0.151. The lowest BCUT2D eigenvalue weighted by Gasteiger charge is -2.19. The van der Waals surface area contributed by atoms with Crippen LogP contribution in [0, 0.1) is 0 Å². The highest BCUT2D eigenvalue weighted by Gasteiger charge is 2.22. The van der Waals surface area contributed by atoms with Crippen molar-refractivity contribution in [1.29, 1.82) is 0 Å². The average molecular weight is 230 g/mol. The van der Waals surface area contributed by atoms with E-state index in [1.165, 1.54) is 4.90 Å². The minimum absolute atomic E-state index is 0.240. The number of carbonyl (C=O) groups is 1. The number of furan rings is 1. The fourth-order valence-electron chi connectivity index (χ4n) is 1.64. The van der Waals surface area contributed by atoms with Crippen LogP contribution >= 0.6 is 0 Å². The number of carbonyl (C=O) groups excluding carboxylic acids is 1. The predicted octanol–water partition coefficient (Wildman–Crippen LogP) is 2.22. The van der Waals surface area contributed by atoms with Crippen LogP contribution in [0.3, 0.4) is 0 Å². The fourth-order valence-corrected chi connectivity index (χ4v) is 1.64. The molecule has 1 amide bonds. The van der Waals surface area contributed by atoms with E-state index in [1.807, 2.05) is 30.3 Å². The quantitative estimate of drug-likeness (QED) is 0.754. The van der Waals surface area contributed by atoms with Crippen molar-refractivity contribution in [3.05, 3.63) is 36.1 Å². The largest absolute Gasteiger partial charge is 0.451 e. The normalized spacial score (nSPS) is 15.9. The van der Waals surface area contributed by atoms with E-state index >= 15 is 0 Å². The molecule has 0 aliphatic carbocycles. The highest BCUT2D eigenvalue weighted by Crippen LogP contribution is 2.20. The van der Waals surface area contributed by atoms with Gasteiger partial charge < -0.3 is 9.15 Å². The number of cyclic esters (lactones) is 1. The number of para-hydroxylation sites is 1. The second-order valence-electron chi connectivity index (χ2n) is 3.82. The number of aliphatic imine (C=N–C) groups is 1. The van der Waals surface area contributed by atoms with Crippen LogP contribution in [0.15, 0.2) is 39.7 Å². The van der Waals surface area contributed by atoms with Crippen molar-refractivity contribution < 1.29 is 13.9 Å². The maximum Gasteiger partial charge on any atom is 0.417 e. The number of hydrogen-bond donors (Lipinski definition) is 0. The molecule has 1 aliphatic rings. The van der Waals surface area contributed by atoms with Crippen LogP contribution in [0.5, 0.6) is 0 Å². The van der Waals surface area contributed by atoms with Crippen LogP contribution in [-0.2, 0) is 4.74 Å². The van der Waals surface area contributed by atoms with Crippen molar-refractivity contribution in [3.8, 4) is 0 Å². The summed E-state index contributed by atoms with van der Waals surface area (Å²) >= 11 is 0. The molecule has 0 spiro atoms. The summed E-state index contributed by atoms with van der Waals surface area (Å²) in [6.07, 6.45) is -0.421. The topological polar surface area (TPSA) is 55.0 Å². The molecule has 0 N–H and O–H groups in total. The van der Waals surface area contributed by atoms with Gasteiger partial charge in [0.1, 0.15) is 12.3 Å². The van der Waals surface area contributed by atoms with E-state index in [4.69, 9.17) is 9.15 Å². The van der Waals surface area contributed by atoms with Gasteiger partial charge in [-0.3, -0.25) is 4.90 Å². The van der Waals surface area contributed by atoms with Gasteiger partial charge in [-0.05, 0) is 12.1 Å². The summed E-state index contributed by atoms with van der Waals surface area (Å²) in [5.74, 6) is 0.719. The van der Waals surface area contributed by atoms with E-state index in [-0.39, 0.29) is 12.6 Å². The van der Waals surface area contributed by atoms with E-state index in [0.717, 1.165) is 11.0 Å². The molecule has 0 bridgehead atoms. The molecule has 1 aliphatic heterocycles. The number of nitrogens with zero attached hydrogens (tertiary/aromatic N) is 2. The van der Waals surface area contributed by atoms with E-state index in [1.54, 1.807) is 7.05 Å². The van der Waals surface area contributed by atoms with E-state index < -0.39 is 6.09 Å². The molecule has 0 unspecified atom stereocenters. The Balaban J connectivity index is 2.02. The molecule has 2 heterocycles. The van der Waals surface area contributed by atoms with Crippen LogP contribution in [0.4, 0.5) is 4.79 Å². The third-order valence-electron chi connectivity index (χ3n) is 2.56. The molecule has 17 heavy (non-hydrogen) atoms. The van der Waals surface area contributed by atoms with Crippen molar-refractivity contribution in [3.63, 3.8) is 0 Å². The first-order valence-corrected chi connectivity index (χ1v) is 5.20. The van der Waals surface area contributed by atoms with Gasteiger partial charge in [-0.1, -0.05) is 18.2 Å². The predicted molar refractivity (Wildman–Crippen MR) is 61.9 cm³/mol. The molecular weight excluding hydrogens is 220 g/mol. The summed E-state index contributed by atoms with van der Waals surface area (Å²) < 4.78 is 10.6. The zero-order valence-corrected chi connectivity index (χ0v) is 9.21. The summed E-state index contributed by atoms with van der Waals surface area (Å²) in [5.41, 5.74) is 0.750. The van der Waals surface area contributed by atoms with Gasteiger partial charge in [0.15, 0.2) is 5.76 Å². The maximum absolute atomic E-state index is 11.4. The Morgan fingerprint density at radius 2 is 2.18 bits per heavy atom. The molecule has 0 atom stereocenters. The summed E-state index contributed by atoms with van der Waals surface area (Å²) in [4.78, 5) is 16.9. The van der Waals surface area contributed by atoms with Gasteiger partial charge in [0.25, 0.3) is 5.90 Å². The van der Waals surface area contributed by atoms with Gasteiger partial charge in [-0.25, -0.2) is 9.79 Å². The molecule has 5 nitrogen and oxygen atoms in total. The Labute approximate surface area is 97.3 Å². The van der Waals surface area contributed by atoms with Crippen molar-refractivity contribution in [2.75, 3.05) is 13.7 Å². The monoisotopic (exact) mass is 230 g/mol. The van der Waals surface area contributed by atoms with Gasteiger partial charge in [0.2, 0.25) is 0 Å². The lowest BCUT2D eigenvalue weighted by atomic mass is 10.2. The first-order chi connectivity index (χ1) is 8.24. The fraction of sp³-hybridized carbons (Fsp3) is 0.167. The summed E-state index contributed by atoms with van der Waals surface area (Å²) in [6, 6.07) is 9.41.